The molecule has 0 fully saturated rings. The van der Waals surface area contributed by atoms with Gasteiger partial charge in [-0.15, -0.1) is 12.4 Å². The summed E-state index contributed by atoms with van der Waals surface area (Å²) >= 11 is 3.39. The van der Waals surface area contributed by atoms with Crippen molar-refractivity contribution in [1.82, 2.24) is 10.1 Å². The summed E-state index contributed by atoms with van der Waals surface area (Å²) in [6, 6.07) is 7.66. The van der Waals surface area contributed by atoms with E-state index in [0.717, 1.165) is 10.0 Å². The second-order valence-electron chi connectivity index (χ2n) is 3.43. The van der Waals surface area contributed by atoms with Crippen molar-refractivity contribution in [3.63, 3.8) is 0 Å². The number of ether oxygens (including phenoxy) is 1. The van der Waals surface area contributed by atoms with Gasteiger partial charge in [0.25, 0.3) is 5.89 Å². The van der Waals surface area contributed by atoms with E-state index in [9.17, 15) is 0 Å². The van der Waals surface area contributed by atoms with Crippen molar-refractivity contribution in [2.75, 3.05) is 13.7 Å². The number of hydrogen-bond donors (Lipinski definition) is 1. The molecule has 7 heteroatoms. The summed E-state index contributed by atoms with van der Waals surface area (Å²) < 4.78 is 11.2. The first-order valence-corrected chi connectivity index (χ1v) is 5.86. The number of nitrogens with zero attached hydrogens (tertiary/aromatic N) is 2. The maximum absolute atomic E-state index is 5.53. The van der Waals surface area contributed by atoms with Crippen LogP contribution in [-0.2, 0) is 4.74 Å². The maximum atomic E-state index is 5.53. The number of halogens is 2. The van der Waals surface area contributed by atoms with Gasteiger partial charge < -0.3 is 15.0 Å². The first-order chi connectivity index (χ1) is 8.24. The highest BCUT2D eigenvalue weighted by atomic mass is 79.9. The predicted molar refractivity (Wildman–Crippen MR) is 73.5 cm³/mol. The van der Waals surface area contributed by atoms with Gasteiger partial charge in [-0.1, -0.05) is 33.2 Å². The van der Waals surface area contributed by atoms with Gasteiger partial charge in [-0.2, -0.15) is 4.98 Å². The maximum Gasteiger partial charge on any atom is 0.257 e. The molecule has 1 aromatic carbocycles. The van der Waals surface area contributed by atoms with Crippen LogP contribution in [0.1, 0.15) is 12.0 Å². The van der Waals surface area contributed by atoms with Gasteiger partial charge in [-0.3, -0.25) is 0 Å². The molecule has 0 aliphatic heterocycles. The van der Waals surface area contributed by atoms with E-state index in [1.54, 1.807) is 7.11 Å². The third-order valence-corrected chi connectivity index (χ3v) is 2.79. The molecule has 18 heavy (non-hydrogen) atoms. The highest BCUT2D eigenvalue weighted by Crippen LogP contribution is 2.22. The smallest absolute Gasteiger partial charge is 0.257 e. The Morgan fingerprint density at radius 3 is 2.89 bits per heavy atom. The van der Waals surface area contributed by atoms with Crippen LogP contribution in [0.2, 0.25) is 0 Å². The molecular weight excluding hydrogens is 321 g/mol. The lowest BCUT2D eigenvalue weighted by Crippen LogP contribution is -2.14. The zero-order valence-electron chi connectivity index (χ0n) is 9.67. The van der Waals surface area contributed by atoms with Crippen LogP contribution in [0.4, 0.5) is 0 Å². The standard InChI is InChI=1S/C11H12BrN3O2.ClH/c1-16-9(6-13)11-14-10(15-17-11)7-3-2-4-8(12)5-7;/h2-5,9H,6,13H2,1H3;1H. The summed E-state index contributed by atoms with van der Waals surface area (Å²) in [6.07, 6.45) is -0.358. The fourth-order valence-corrected chi connectivity index (χ4v) is 1.81. The van der Waals surface area contributed by atoms with Gasteiger partial charge in [-0.25, -0.2) is 0 Å². The summed E-state index contributed by atoms with van der Waals surface area (Å²) in [7, 11) is 1.56. The zero-order chi connectivity index (χ0) is 12.3. The van der Waals surface area contributed by atoms with E-state index in [1.807, 2.05) is 24.3 Å². The summed E-state index contributed by atoms with van der Waals surface area (Å²) in [6.45, 7) is 0.302. The average Bonchev–Trinajstić information content (AvgIpc) is 2.80. The molecule has 1 aromatic heterocycles. The molecule has 0 amide bonds. The Kier molecular flexibility index (Phi) is 5.74. The Bertz CT molecular complexity index is 503. The second kappa shape index (κ2) is 6.84. The zero-order valence-corrected chi connectivity index (χ0v) is 12.1. The van der Waals surface area contributed by atoms with Gasteiger partial charge in [0.1, 0.15) is 6.10 Å². The van der Waals surface area contributed by atoms with Crippen LogP contribution in [-0.4, -0.2) is 23.8 Å². The van der Waals surface area contributed by atoms with Gasteiger partial charge in [0, 0.05) is 23.7 Å². The van der Waals surface area contributed by atoms with E-state index in [1.165, 1.54) is 0 Å². The van der Waals surface area contributed by atoms with E-state index >= 15 is 0 Å². The summed E-state index contributed by atoms with van der Waals surface area (Å²) in [5.74, 6) is 0.918. The fourth-order valence-electron chi connectivity index (χ4n) is 1.41. The molecule has 0 saturated heterocycles. The van der Waals surface area contributed by atoms with Gasteiger partial charge in [0.05, 0.1) is 0 Å². The molecule has 0 saturated carbocycles. The Labute approximate surface area is 119 Å². The summed E-state index contributed by atoms with van der Waals surface area (Å²) in [5, 5.41) is 3.90. The fraction of sp³-hybridized carbons (Fsp3) is 0.273. The number of rotatable bonds is 4. The van der Waals surface area contributed by atoms with Crippen LogP contribution in [0.25, 0.3) is 11.4 Å². The normalized spacial score (nSPS) is 11.9. The SMILES string of the molecule is COC(CN)c1nc(-c2cccc(Br)c2)no1.Cl. The molecule has 0 spiro atoms. The van der Waals surface area contributed by atoms with E-state index in [2.05, 4.69) is 26.1 Å². The highest BCUT2D eigenvalue weighted by Gasteiger charge is 2.17. The lowest BCUT2D eigenvalue weighted by Gasteiger charge is -2.05. The minimum absolute atomic E-state index is 0. The van der Waals surface area contributed by atoms with Gasteiger partial charge in [0.2, 0.25) is 5.82 Å². The molecule has 2 aromatic rings. The minimum atomic E-state index is -0.358. The van der Waals surface area contributed by atoms with Gasteiger partial charge >= 0.3 is 0 Å². The summed E-state index contributed by atoms with van der Waals surface area (Å²) in [4.78, 5) is 4.26. The van der Waals surface area contributed by atoms with Crippen LogP contribution in [0.5, 0.6) is 0 Å². The highest BCUT2D eigenvalue weighted by molar-refractivity contribution is 9.10. The lowest BCUT2D eigenvalue weighted by atomic mass is 10.2. The topological polar surface area (TPSA) is 74.2 Å². The van der Waals surface area contributed by atoms with Crippen molar-refractivity contribution in [1.29, 1.82) is 0 Å². The third kappa shape index (κ3) is 3.29. The average molecular weight is 335 g/mol. The molecule has 0 aliphatic carbocycles. The van der Waals surface area contributed by atoms with Crippen LogP contribution < -0.4 is 5.73 Å². The van der Waals surface area contributed by atoms with Crippen LogP contribution in [0.3, 0.4) is 0 Å². The van der Waals surface area contributed by atoms with Crippen molar-refractivity contribution >= 4 is 28.3 Å². The monoisotopic (exact) mass is 333 g/mol. The molecule has 98 valence electrons. The first-order valence-electron chi connectivity index (χ1n) is 5.07. The Morgan fingerprint density at radius 2 is 2.28 bits per heavy atom. The Morgan fingerprint density at radius 1 is 1.50 bits per heavy atom. The lowest BCUT2D eigenvalue weighted by molar-refractivity contribution is 0.0804. The quantitative estimate of drug-likeness (QED) is 0.930. The second-order valence-corrected chi connectivity index (χ2v) is 4.34. The van der Waals surface area contributed by atoms with Gasteiger partial charge in [-0.05, 0) is 12.1 Å². The molecular formula is C11H13BrClN3O2. The Balaban J connectivity index is 0.00000162. The van der Waals surface area contributed by atoms with Crippen LogP contribution in [0.15, 0.2) is 33.3 Å². The number of nitrogens with two attached hydrogens (primary N) is 1. The van der Waals surface area contributed by atoms with Crippen LogP contribution >= 0.6 is 28.3 Å². The van der Waals surface area contributed by atoms with Crippen molar-refractivity contribution in [3.8, 4) is 11.4 Å². The summed E-state index contributed by atoms with van der Waals surface area (Å²) in [5.41, 5.74) is 6.40. The Hall–Kier alpha value is -0.950. The van der Waals surface area contributed by atoms with E-state index in [0.29, 0.717) is 18.3 Å². The first kappa shape index (κ1) is 15.1. The number of hydrogen-bond acceptors (Lipinski definition) is 5. The minimum Gasteiger partial charge on any atom is -0.370 e. The molecule has 0 radical (unpaired) electrons. The van der Waals surface area contributed by atoms with E-state index < -0.39 is 0 Å². The number of methoxy groups -OCH3 is 1. The molecule has 0 bridgehead atoms. The molecule has 2 rings (SSSR count). The van der Waals surface area contributed by atoms with Crippen LogP contribution in [0, 0.1) is 0 Å². The van der Waals surface area contributed by atoms with E-state index in [4.69, 9.17) is 15.0 Å². The molecule has 2 N–H and O–H groups in total. The molecule has 0 aliphatic rings. The predicted octanol–water partition coefficient (Wildman–Crippen LogP) is 2.57. The molecule has 1 atom stereocenters. The number of benzene rings is 1. The third-order valence-electron chi connectivity index (χ3n) is 2.30. The van der Waals surface area contributed by atoms with E-state index in [-0.39, 0.29) is 18.5 Å². The largest absolute Gasteiger partial charge is 0.370 e. The molecule has 1 unspecified atom stereocenters. The van der Waals surface area contributed by atoms with Crippen molar-refractivity contribution < 1.29 is 9.26 Å². The van der Waals surface area contributed by atoms with Crippen molar-refractivity contribution in [2.45, 2.75) is 6.10 Å². The molecule has 5 nitrogen and oxygen atoms in total. The van der Waals surface area contributed by atoms with Crippen molar-refractivity contribution in [2.24, 2.45) is 5.73 Å². The number of aromatic nitrogens is 2. The van der Waals surface area contributed by atoms with Crippen molar-refractivity contribution in [3.05, 3.63) is 34.6 Å². The van der Waals surface area contributed by atoms with Gasteiger partial charge in [0.15, 0.2) is 0 Å². The molecule has 1 heterocycles.